The molecule has 0 N–H and O–H groups in total. The summed E-state index contributed by atoms with van der Waals surface area (Å²) < 4.78 is 10.3. The Morgan fingerprint density at radius 2 is 1.44 bits per heavy atom. The van der Waals surface area contributed by atoms with Gasteiger partial charge in [-0.25, -0.2) is 9.59 Å². The average Bonchev–Trinajstić information content (AvgIpc) is 2.41. The van der Waals surface area contributed by atoms with Gasteiger partial charge in [-0.05, 0) is 60.8 Å². The van der Waals surface area contributed by atoms with Crippen molar-refractivity contribution in [3.05, 3.63) is 0 Å². The van der Waals surface area contributed by atoms with Crippen LogP contribution in [0.2, 0.25) is 0 Å². The third-order valence-electron chi connectivity index (χ3n) is 2.67. The minimum atomic E-state index is -0.559. The van der Waals surface area contributed by atoms with Crippen molar-refractivity contribution in [3.8, 4) is 23.7 Å². The van der Waals surface area contributed by atoms with Crippen molar-refractivity contribution in [1.82, 2.24) is 0 Å². The molecular weight excluding hydrogens is 340 g/mol. The van der Waals surface area contributed by atoms with E-state index in [-0.39, 0.29) is 5.92 Å². The molecule has 0 fully saturated rings. The summed E-state index contributed by atoms with van der Waals surface area (Å²) in [6.45, 7) is 10.8. The second-order valence-electron chi connectivity index (χ2n) is 7.64. The third kappa shape index (κ3) is 15.6. The second-order valence-corrected chi connectivity index (χ2v) is 8.02. The SMILES string of the molecule is CC(C)(C)OC(=O)C#CCCC(C#CC(=O)OC(C)(C)C)CCCCl. The molecule has 0 bridgehead atoms. The highest BCUT2D eigenvalue weighted by molar-refractivity contribution is 6.17. The molecule has 0 aliphatic carbocycles. The van der Waals surface area contributed by atoms with Crippen molar-refractivity contribution in [2.75, 3.05) is 5.88 Å². The number of rotatable bonds is 5. The Labute approximate surface area is 157 Å². The van der Waals surface area contributed by atoms with Crippen molar-refractivity contribution >= 4 is 23.5 Å². The molecular formula is C20H29ClO4. The van der Waals surface area contributed by atoms with E-state index in [0.29, 0.717) is 18.7 Å². The van der Waals surface area contributed by atoms with Crippen LogP contribution in [0, 0.1) is 29.6 Å². The van der Waals surface area contributed by atoms with E-state index >= 15 is 0 Å². The highest BCUT2D eigenvalue weighted by Crippen LogP contribution is 2.13. The van der Waals surface area contributed by atoms with Crippen LogP contribution in [-0.2, 0) is 19.1 Å². The Morgan fingerprint density at radius 3 is 1.92 bits per heavy atom. The zero-order valence-corrected chi connectivity index (χ0v) is 16.9. The minimum absolute atomic E-state index is 0.0146. The van der Waals surface area contributed by atoms with Gasteiger partial charge in [-0.3, -0.25) is 0 Å². The van der Waals surface area contributed by atoms with E-state index in [4.69, 9.17) is 21.1 Å². The normalized spacial score (nSPS) is 12.1. The molecule has 140 valence electrons. The van der Waals surface area contributed by atoms with Crippen LogP contribution < -0.4 is 0 Å². The Morgan fingerprint density at radius 1 is 0.920 bits per heavy atom. The quantitative estimate of drug-likeness (QED) is 0.317. The molecule has 0 spiro atoms. The summed E-state index contributed by atoms with van der Waals surface area (Å²) in [6, 6.07) is 0. The number of hydrogen-bond donors (Lipinski definition) is 0. The number of hydrogen-bond acceptors (Lipinski definition) is 4. The van der Waals surface area contributed by atoms with Crippen LogP contribution in [0.3, 0.4) is 0 Å². The zero-order valence-electron chi connectivity index (χ0n) is 16.1. The van der Waals surface area contributed by atoms with Crippen LogP contribution in [0.4, 0.5) is 0 Å². The lowest BCUT2D eigenvalue weighted by Gasteiger charge is -2.17. The van der Waals surface area contributed by atoms with Gasteiger partial charge in [0.05, 0.1) is 0 Å². The van der Waals surface area contributed by atoms with Gasteiger partial charge in [-0.1, -0.05) is 11.8 Å². The van der Waals surface area contributed by atoms with Gasteiger partial charge < -0.3 is 9.47 Å². The molecule has 0 heterocycles. The van der Waals surface area contributed by atoms with Gasteiger partial charge in [0.25, 0.3) is 0 Å². The monoisotopic (exact) mass is 368 g/mol. The molecule has 0 saturated carbocycles. The van der Waals surface area contributed by atoms with Crippen LogP contribution in [0.15, 0.2) is 0 Å². The highest BCUT2D eigenvalue weighted by Gasteiger charge is 2.15. The van der Waals surface area contributed by atoms with E-state index in [9.17, 15) is 9.59 Å². The molecule has 0 aromatic carbocycles. The van der Waals surface area contributed by atoms with Crippen LogP contribution in [-0.4, -0.2) is 29.0 Å². The van der Waals surface area contributed by atoms with E-state index in [1.165, 1.54) is 0 Å². The summed E-state index contributed by atoms with van der Waals surface area (Å²) in [7, 11) is 0. The van der Waals surface area contributed by atoms with Gasteiger partial charge in [-0.15, -0.1) is 11.6 Å². The lowest BCUT2D eigenvalue weighted by Crippen LogP contribution is -2.22. The summed E-state index contributed by atoms with van der Waals surface area (Å²) in [4.78, 5) is 23.2. The standard InChI is InChI=1S/C20H29ClO4/c1-19(2,3)24-17(22)12-8-7-10-16(11-9-15-21)13-14-18(23)25-20(4,5)6/h16H,7,9-11,15H2,1-6H3. The molecule has 4 nitrogen and oxygen atoms in total. The first-order valence-electron chi connectivity index (χ1n) is 8.45. The summed E-state index contributed by atoms with van der Waals surface area (Å²) in [5.41, 5.74) is -1.11. The molecule has 1 unspecified atom stereocenters. The number of alkyl halides is 1. The fourth-order valence-electron chi connectivity index (χ4n) is 1.76. The Hall–Kier alpha value is -1.65. The maximum absolute atomic E-state index is 11.7. The lowest BCUT2D eigenvalue weighted by atomic mass is 9.98. The van der Waals surface area contributed by atoms with Crippen molar-refractivity contribution in [1.29, 1.82) is 0 Å². The molecule has 0 aliphatic rings. The molecule has 0 aromatic rings. The number of carbonyl (C=O) groups is 2. The summed E-state index contributed by atoms with van der Waals surface area (Å²) in [5, 5.41) is 0. The molecule has 0 radical (unpaired) electrons. The maximum Gasteiger partial charge on any atom is 0.384 e. The molecule has 0 amide bonds. The van der Waals surface area contributed by atoms with E-state index in [0.717, 1.165) is 12.8 Å². The average molecular weight is 369 g/mol. The minimum Gasteiger partial charge on any atom is -0.450 e. The fourth-order valence-corrected chi connectivity index (χ4v) is 1.92. The predicted molar refractivity (Wildman–Crippen MR) is 99.9 cm³/mol. The molecule has 0 saturated heterocycles. The first kappa shape index (κ1) is 23.4. The van der Waals surface area contributed by atoms with Gasteiger partial charge in [0, 0.05) is 30.1 Å². The lowest BCUT2D eigenvalue weighted by molar-refractivity contribution is -0.148. The van der Waals surface area contributed by atoms with Gasteiger partial charge in [0.15, 0.2) is 0 Å². The van der Waals surface area contributed by atoms with Gasteiger partial charge >= 0.3 is 11.9 Å². The molecule has 25 heavy (non-hydrogen) atoms. The first-order valence-corrected chi connectivity index (χ1v) is 8.99. The van der Waals surface area contributed by atoms with Crippen molar-refractivity contribution < 1.29 is 19.1 Å². The number of carbonyl (C=O) groups excluding carboxylic acids is 2. The predicted octanol–water partition coefficient (Wildman–Crippen LogP) is 4.09. The molecule has 0 aromatic heterocycles. The third-order valence-corrected chi connectivity index (χ3v) is 2.94. The molecule has 0 rings (SSSR count). The number of ether oxygens (including phenoxy) is 2. The fraction of sp³-hybridized carbons (Fsp3) is 0.700. The Kier molecular flexibility index (Phi) is 10.3. The Balaban J connectivity index is 4.61. The van der Waals surface area contributed by atoms with Crippen molar-refractivity contribution in [2.24, 2.45) is 5.92 Å². The topological polar surface area (TPSA) is 52.6 Å². The molecule has 0 aliphatic heterocycles. The number of esters is 2. The van der Waals surface area contributed by atoms with E-state index in [1.807, 2.05) is 0 Å². The first-order chi connectivity index (χ1) is 11.4. The van der Waals surface area contributed by atoms with Gasteiger partial charge in [0.2, 0.25) is 0 Å². The number of halogens is 1. The van der Waals surface area contributed by atoms with Crippen LogP contribution >= 0.6 is 11.6 Å². The highest BCUT2D eigenvalue weighted by atomic mass is 35.5. The summed E-state index contributed by atoms with van der Waals surface area (Å²) in [6.07, 6.45) is 2.72. The van der Waals surface area contributed by atoms with E-state index in [2.05, 4.69) is 23.7 Å². The van der Waals surface area contributed by atoms with Crippen molar-refractivity contribution in [2.45, 2.75) is 78.4 Å². The molecule has 1 atom stereocenters. The summed E-state index contributed by atoms with van der Waals surface area (Å²) >= 11 is 5.73. The largest absolute Gasteiger partial charge is 0.450 e. The van der Waals surface area contributed by atoms with E-state index in [1.54, 1.807) is 41.5 Å². The Bertz CT molecular complexity index is 559. The summed E-state index contributed by atoms with van der Waals surface area (Å²) in [5.74, 6) is 10.2. The van der Waals surface area contributed by atoms with Crippen LogP contribution in [0.5, 0.6) is 0 Å². The zero-order chi connectivity index (χ0) is 19.5. The van der Waals surface area contributed by atoms with Gasteiger partial charge in [0.1, 0.15) is 11.2 Å². The van der Waals surface area contributed by atoms with Crippen LogP contribution in [0.1, 0.15) is 67.2 Å². The van der Waals surface area contributed by atoms with Crippen molar-refractivity contribution in [3.63, 3.8) is 0 Å². The van der Waals surface area contributed by atoms with Crippen LogP contribution in [0.25, 0.3) is 0 Å². The molecule has 5 heteroatoms. The second kappa shape index (κ2) is 11.1. The van der Waals surface area contributed by atoms with Gasteiger partial charge in [-0.2, -0.15) is 0 Å². The smallest absolute Gasteiger partial charge is 0.384 e. The maximum atomic E-state index is 11.7. The van der Waals surface area contributed by atoms with E-state index < -0.39 is 23.1 Å².